The van der Waals surface area contributed by atoms with Gasteiger partial charge in [0.05, 0.1) is 20.0 Å². The van der Waals surface area contributed by atoms with Crippen molar-refractivity contribution >= 4 is 17.7 Å². The van der Waals surface area contributed by atoms with Crippen LogP contribution in [0.2, 0.25) is 0 Å². The lowest BCUT2D eigenvalue weighted by atomic mass is 10.2. The summed E-state index contributed by atoms with van der Waals surface area (Å²) >= 11 is 1.43. The minimum absolute atomic E-state index is 0.137. The van der Waals surface area contributed by atoms with Gasteiger partial charge in [0.2, 0.25) is 5.91 Å². The molecule has 1 aliphatic heterocycles. The molecule has 2 heterocycles. The van der Waals surface area contributed by atoms with Gasteiger partial charge in [-0.05, 0) is 55.3 Å². The van der Waals surface area contributed by atoms with Crippen LogP contribution < -0.4 is 9.47 Å². The van der Waals surface area contributed by atoms with Crippen LogP contribution in [-0.2, 0) is 11.3 Å². The Morgan fingerprint density at radius 3 is 2.26 bits per heavy atom. The first-order chi connectivity index (χ1) is 16.6. The molecule has 34 heavy (non-hydrogen) atoms. The van der Waals surface area contributed by atoms with Gasteiger partial charge in [-0.2, -0.15) is 0 Å². The molecule has 1 saturated heterocycles. The monoisotopic (exact) mass is 481 g/mol. The van der Waals surface area contributed by atoms with Gasteiger partial charge in [-0.15, -0.1) is 10.2 Å². The molecule has 0 spiro atoms. The number of carbonyl (C=O) groups excluding carboxylic acids is 1. The maximum absolute atomic E-state index is 13.0. The number of amides is 1. The molecule has 0 radical (unpaired) electrons. The topological polar surface area (TPSA) is 72.7 Å². The zero-order valence-electron chi connectivity index (χ0n) is 19.9. The molecule has 0 N–H and O–H groups in total. The van der Waals surface area contributed by atoms with E-state index < -0.39 is 0 Å². The number of rotatable bonds is 8. The summed E-state index contributed by atoms with van der Waals surface area (Å²) in [6, 6.07) is 15.9. The predicted octanol–water partition coefficient (Wildman–Crippen LogP) is 3.42. The highest BCUT2D eigenvalue weighted by Crippen LogP contribution is 2.24. The van der Waals surface area contributed by atoms with Crippen molar-refractivity contribution in [3.63, 3.8) is 0 Å². The van der Waals surface area contributed by atoms with Crippen LogP contribution in [0.4, 0.5) is 0 Å². The molecule has 0 atom stereocenters. The number of aryl methyl sites for hydroxylation is 1. The van der Waals surface area contributed by atoms with Crippen molar-refractivity contribution in [1.29, 1.82) is 0 Å². The van der Waals surface area contributed by atoms with Crippen LogP contribution in [0.3, 0.4) is 0 Å². The highest BCUT2D eigenvalue weighted by atomic mass is 32.2. The lowest BCUT2D eigenvalue weighted by Gasteiger charge is -2.22. The molecule has 0 unspecified atom stereocenters. The van der Waals surface area contributed by atoms with Crippen molar-refractivity contribution in [2.45, 2.75) is 25.0 Å². The average Bonchev–Trinajstić information content (AvgIpc) is 3.08. The van der Waals surface area contributed by atoms with E-state index in [9.17, 15) is 4.79 Å². The summed E-state index contributed by atoms with van der Waals surface area (Å²) in [4.78, 5) is 17.4. The quantitative estimate of drug-likeness (QED) is 0.457. The number of nitrogens with zero attached hydrogens (tertiary/aromatic N) is 5. The molecule has 3 aromatic rings. The molecule has 4 rings (SSSR count). The third-order valence-corrected chi connectivity index (χ3v) is 6.87. The van der Waals surface area contributed by atoms with E-state index in [1.807, 2.05) is 52.8 Å². The molecule has 1 amide bonds. The summed E-state index contributed by atoms with van der Waals surface area (Å²) in [5.74, 6) is 2.92. The molecule has 8 nitrogen and oxygen atoms in total. The van der Waals surface area contributed by atoms with Crippen LogP contribution in [0.15, 0.2) is 53.7 Å². The van der Waals surface area contributed by atoms with E-state index in [4.69, 9.17) is 9.47 Å². The number of aromatic nitrogens is 3. The molecule has 1 aromatic heterocycles. The van der Waals surface area contributed by atoms with Gasteiger partial charge in [0.1, 0.15) is 17.3 Å². The summed E-state index contributed by atoms with van der Waals surface area (Å²) in [6.07, 6.45) is 0.966. The maximum atomic E-state index is 13.0. The highest BCUT2D eigenvalue weighted by Gasteiger charge is 2.21. The number of hydrogen-bond donors (Lipinski definition) is 0. The minimum atomic E-state index is 0.137. The second-order valence-corrected chi connectivity index (χ2v) is 9.15. The first kappa shape index (κ1) is 24.1. The van der Waals surface area contributed by atoms with E-state index in [0.29, 0.717) is 10.9 Å². The van der Waals surface area contributed by atoms with Crippen molar-refractivity contribution in [3.05, 3.63) is 59.9 Å². The van der Waals surface area contributed by atoms with Gasteiger partial charge in [0, 0.05) is 38.4 Å². The Morgan fingerprint density at radius 2 is 1.59 bits per heavy atom. The number of hydrogen-bond acceptors (Lipinski definition) is 7. The lowest BCUT2D eigenvalue weighted by Crippen LogP contribution is -2.36. The summed E-state index contributed by atoms with van der Waals surface area (Å²) in [5.41, 5.74) is 2.20. The first-order valence-electron chi connectivity index (χ1n) is 11.4. The first-order valence-corrected chi connectivity index (χ1v) is 12.4. The van der Waals surface area contributed by atoms with Gasteiger partial charge in [-0.1, -0.05) is 23.9 Å². The summed E-state index contributed by atoms with van der Waals surface area (Å²) in [5, 5.41) is 9.24. The Hall–Kier alpha value is -3.04. The van der Waals surface area contributed by atoms with Gasteiger partial charge in [0.25, 0.3) is 0 Å². The highest BCUT2D eigenvalue weighted by molar-refractivity contribution is 7.99. The fourth-order valence-electron chi connectivity index (χ4n) is 4.05. The minimum Gasteiger partial charge on any atom is -0.497 e. The molecule has 2 aromatic carbocycles. The van der Waals surface area contributed by atoms with Crippen LogP contribution >= 0.6 is 11.8 Å². The van der Waals surface area contributed by atoms with Gasteiger partial charge in [-0.3, -0.25) is 14.3 Å². The fraction of sp³-hybridized carbons (Fsp3) is 0.400. The van der Waals surface area contributed by atoms with E-state index in [1.165, 1.54) is 17.3 Å². The van der Waals surface area contributed by atoms with Crippen LogP contribution in [0.25, 0.3) is 5.69 Å². The summed E-state index contributed by atoms with van der Waals surface area (Å²) in [6.45, 7) is 6.15. The largest absolute Gasteiger partial charge is 0.497 e. The fourth-order valence-corrected chi connectivity index (χ4v) is 4.95. The molecule has 1 aliphatic rings. The summed E-state index contributed by atoms with van der Waals surface area (Å²) < 4.78 is 12.5. The van der Waals surface area contributed by atoms with Gasteiger partial charge in [0.15, 0.2) is 5.16 Å². The molecule has 0 aliphatic carbocycles. The lowest BCUT2D eigenvalue weighted by molar-refractivity contribution is -0.128. The van der Waals surface area contributed by atoms with E-state index in [2.05, 4.69) is 27.2 Å². The number of benzene rings is 2. The Labute approximate surface area is 204 Å². The third kappa shape index (κ3) is 5.90. The Morgan fingerprint density at radius 1 is 0.912 bits per heavy atom. The zero-order chi connectivity index (χ0) is 23.9. The van der Waals surface area contributed by atoms with Gasteiger partial charge >= 0.3 is 0 Å². The second kappa shape index (κ2) is 11.4. The van der Waals surface area contributed by atoms with Crippen LogP contribution in [0.1, 0.15) is 17.8 Å². The SMILES string of the molecule is COc1ccc(CN2CCCN(C(=O)CSc3nnc(C)n3-c3ccc(OC)cc3)CC2)cc1. The number of methoxy groups -OCH3 is 2. The van der Waals surface area contributed by atoms with Crippen LogP contribution in [-0.4, -0.2) is 76.6 Å². The Kier molecular flexibility index (Phi) is 8.08. The van der Waals surface area contributed by atoms with Crippen molar-refractivity contribution in [3.8, 4) is 17.2 Å². The van der Waals surface area contributed by atoms with Crippen molar-refractivity contribution in [2.24, 2.45) is 0 Å². The Balaban J connectivity index is 1.32. The van der Waals surface area contributed by atoms with Crippen molar-refractivity contribution < 1.29 is 14.3 Å². The summed E-state index contributed by atoms with van der Waals surface area (Å²) in [7, 11) is 3.32. The van der Waals surface area contributed by atoms with Crippen molar-refractivity contribution in [2.75, 3.05) is 46.2 Å². The van der Waals surface area contributed by atoms with Gasteiger partial charge in [-0.25, -0.2) is 0 Å². The van der Waals surface area contributed by atoms with Crippen LogP contribution in [0, 0.1) is 6.92 Å². The molecule has 9 heteroatoms. The van der Waals surface area contributed by atoms with Gasteiger partial charge < -0.3 is 14.4 Å². The van der Waals surface area contributed by atoms with Crippen molar-refractivity contribution in [1.82, 2.24) is 24.6 Å². The Bertz CT molecular complexity index is 1080. The zero-order valence-corrected chi connectivity index (χ0v) is 20.8. The number of ether oxygens (including phenoxy) is 2. The molecule has 0 saturated carbocycles. The van der Waals surface area contributed by atoms with E-state index >= 15 is 0 Å². The normalized spacial score (nSPS) is 14.6. The smallest absolute Gasteiger partial charge is 0.233 e. The van der Waals surface area contributed by atoms with E-state index in [0.717, 1.165) is 62.2 Å². The second-order valence-electron chi connectivity index (χ2n) is 8.21. The maximum Gasteiger partial charge on any atom is 0.233 e. The molecular formula is C25H31N5O3S. The standard InChI is InChI=1S/C25H31N5O3S/c1-19-26-27-25(30(19)21-7-11-23(33-3)12-8-21)34-18-24(31)29-14-4-13-28(15-16-29)17-20-5-9-22(32-2)10-6-20/h5-12H,4,13-18H2,1-3H3. The molecular weight excluding hydrogens is 450 g/mol. The molecule has 180 valence electrons. The third-order valence-electron chi connectivity index (χ3n) is 5.96. The predicted molar refractivity (Wildman–Crippen MR) is 133 cm³/mol. The van der Waals surface area contributed by atoms with Crippen LogP contribution in [0.5, 0.6) is 11.5 Å². The average molecular weight is 482 g/mol. The number of thioether (sulfide) groups is 1. The molecule has 1 fully saturated rings. The number of carbonyl (C=O) groups is 1. The van der Waals surface area contributed by atoms with E-state index in [-0.39, 0.29) is 5.91 Å². The van der Waals surface area contributed by atoms with E-state index in [1.54, 1.807) is 14.2 Å². The molecule has 0 bridgehead atoms.